The average Bonchev–Trinajstić information content (AvgIpc) is 1.76. The Hall–Kier alpha value is -2.58. The van der Waals surface area contributed by atoms with E-state index in [1.54, 1.807) is 0 Å². The van der Waals surface area contributed by atoms with E-state index in [1.807, 2.05) is 0 Å². The third-order valence-corrected chi connectivity index (χ3v) is 0. The van der Waals surface area contributed by atoms with Crippen molar-refractivity contribution in [2.24, 2.45) is 0 Å². The Labute approximate surface area is 102 Å². The molecule has 0 atom stereocenters. The van der Waals surface area contributed by atoms with Gasteiger partial charge in [-0.25, -0.2) is 0 Å². The van der Waals surface area contributed by atoms with Gasteiger partial charge in [0.2, 0.25) is 0 Å². The van der Waals surface area contributed by atoms with E-state index in [1.165, 1.54) is 0 Å². The van der Waals surface area contributed by atoms with Crippen molar-refractivity contribution in [3.05, 3.63) is 61.3 Å². The maximum absolute atomic E-state index is 8.25. The number of hydrogen-bond donors (Lipinski definition) is 0. The summed E-state index contributed by atoms with van der Waals surface area (Å²) < 4.78 is 0. The van der Waals surface area contributed by atoms with Gasteiger partial charge in [0.05, 0.1) is 20.3 Å². The molecule has 0 spiro atoms. The van der Waals surface area contributed by atoms with Crippen LogP contribution in [-0.4, -0.2) is 20.3 Å². The van der Waals surface area contributed by atoms with E-state index in [9.17, 15) is 0 Å². The Morgan fingerprint density at radius 3 is 0.412 bits per heavy atom. The molecular formula is N4O12Rh. The van der Waals surface area contributed by atoms with E-state index in [0.29, 0.717) is 0 Å². The zero-order chi connectivity index (χ0) is 14.3. The molecule has 0 saturated carbocycles. The molecule has 0 amide bonds. The minimum Gasteiger partial charge on any atom is -0.356 e. The van der Waals surface area contributed by atoms with Crippen LogP contribution in [0, 0.1) is 61.3 Å². The summed E-state index contributed by atoms with van der Waals surface area (Å²) in [5.41, 5.74) is 0. The van der Waals surface area contributed by atoms with Crippen LogP contribution in [0.3, 0.4) is 0 Å². The van der Waals surface area contributed by atoms with E-state index in [-0.39, 0.29) is 19.5 Å². The maximum atomic E-state index is 8.25. The first-order chi connectivity index (χ1) is 6.93. The van der Waals surface area contributed by atoms with E-state index >= 15 is 0 Å². The summed E-state index contributed by atoms with van der Waals surface area (Å²) in [7, 11) is 0. The van der Waals surface area contributed by atoms with Gasteiger partial charge in [-0.2, -0.15) is 0 Å². The van der Waals surface area contributed by atoms with Crippen molar-refractivity contribution in [2.45, 2.75) is 0 Å². The van der Waals surface area contributed by atoms with Crippen molar-refractivity contribution in [3.8, 4) is 0 Å². The molecular weight excluding hydrogens is 351 g/mol. The maximum Gasteiger partial charge on any atom is 4.00 e. The van der Waals surface area contributed by atoms with Gasteiger partial charge in [-0.05, 0) is 0 Å². The van der Waals surface area contributed by atoms with Crippen LogP contribution < -0.4 is 0 Å². The summed E-state index contributed by atoms with van der Waals surface area (Å²) in [5, 5.41) is 59.0. The van der Waals surface area contributed by atoms with Crippen molar-refractivity contribution >= 4 is 0 Å². The minimum absolute atomic E-state index is 0. The Morgan fingerprint density at radius 1 is 0.412 bits per heavy atom. The van der Waals surface area contributed by atoms with Crippen LogP contribution in [0.15, 0.2) is 0 Å². The molecule has 0 aliphatic carbocycles. The minimum atomic E-state index is -1.75. The Bertz CT molecular complexity index is 159. The summed E-state index contributed by atoms with van der Waals surface area (Å²) in [6.45, 7) is 0. The van der Waals surface area contributed by atoms with Gasteiger partial charge in [-0.3, -0.25) is 0 Å². The summed E-state index contributed by atoms with van der Waals surface area (Å²) in [5.74, 6) is 0. The van der Waals surface area contributed by atoms with Crippen LogP contribution in [0.2, 0.25) is 0 Å². The van der Waals surface area contributed by atoms with Crippen LogP contribution in [0.4, 0.5) is 0 Å². The van der Waals surface area contributed by atoms with Crippen molar-refractivity contribution in [2.75, 3.05) is 0 Å². The van der Waals surface area contributed by atoms with Crippen LogP contribution in [0.25, 0.3) is 0 Å². The zero-order valence-corrected chi connectivity index (χ0v) is 8.66. The van der Waals surface area contributed by atoms with Gasteiger partial charge >= 0.3 is 19.5 Å². The largest absolute Gasteiger partial charge is 4.00 e. The van der Waals surface area contributed by atoms with E-state index in [2.05, 4.69) is 0 Å². The van der Waals surface area contributed by atoms with Gasteiger partial charge < -0.3 is 61.3 Å². The molecule has 0 unspecified atom stereocenters. The molecule has 17 heteroatoms. The molecule has 0 aromatic rings. The Balaban J connectivity index is -0.0000000369. The first kappa shape index (κ1) is 29.3. The van der Waals surface area contributed by atoms with Crippen LogP contribution >= 0.6 is 0 Å². The SMILES string of the molecule is O=[N+]([O-])[O-].O=[N+]([O-])[O-].O=[N+]([O-])[O-].O=[N+]([O-])[O-].[Rh+4]. The number of hydrogen-bond acceptors (Lipinski definition) is 12. The van der Waals surface area contributed by atoms with Gasteiger partial charge in [-0.1, -0.05) is 0 Å². The number of rotatable bonds is 0. The summed E-state index contributed by atoms with van der Waals surface area (Å²) in [6.07, 6.45) is 0. The molecule has 0 saturated heterocycles. The fraction of sp³-hybridized carbons (Fsp3) is 0. The fourth-order valence-electron chi connectivity index (χ4n) is 0. The summed E-state index contributed by atoms with van der Waals surface area (Å²) in [4.78, 5) is 33.0. The predicted octanol–water partition coefficient (Wildman–Crippen LogP) is -0.959. The molecule has 0 aliphatic heterocycles. The average molecular weight is 351 g/mol. The van der Waals surface area contributed by atoms with Gasteiger partial charge in [0, 0.05) is 0 Å². The molecule has 0 aliphatic rings. The second-order valence-corrected chi connectivity index (χ2v) is 0.894. The quantitative estimate of drug-likeness (QED) is 0.290. The smallest absolute Gasteiger partial charge is 0.356 e. The monoisotopic (exact) mass is 351 g/mol. The predicted molar refractivity (Wildman–Crippen MR) is 41.4 cm³/mol. The first-order valence-electron chi connectivity index (χ1n) is 2.19. The fourth-order valence-corrected chi connectivity index (χ4v) is 0. The summed E-state index contributed by atoms with van der Waals surface area (Å²) >= 11 is 0. The molecule has 101 valence electrons. The van der Waals surface area contributed by atoms with Gasteiger partial charge in [0.15, 0.2) is 0 Å². The number of nitrogens with zero attached hydrogens (tertiary/aromatic N) is 4. The Kier molecular flexibility index (Phi) is 40.2. The molecule has 0 fully saturated rings. The third kappa shape index (κ3) is 264. The van der Waals surface area contributed by atoms with Gasteiger partial charge in [0.1, 0.15) is 0 Å². The molecule has 16 nitrogen and oxygen atoms in total. The van der Waals surface area contributed by atoms with Crippen LogP contribution in [0.5, 0.6) is 0 Å². The van der Waals surface area contributed by atoms with Crippen molar-refractivity contribution in [3.63, 3.8) is 0 Å². The van der Waals surface area contributed by atoms with Crippen molar-refractivity contribution in [1.29, 1.82) is 0 Å². The Morgan fingerprint density at radius 2 is 0.412 bits per heavy atom. The standard InChI is InChI=1S/4NO3.Rh/c4*2-1(3)4;/q4*-1;+4. The molecule has 0 heterocycles. The topological polar surface area (TPSA) is 265 Å². The van der Waals surface area contributed by atoms with Crippen molar-refractivity contribution in [1.82, 2.24) is 0 Å². The molecule has 0 aromatic heterocycles. The normalized spacial score (nSPS) is 5.65. The molecule has 17 heavy (non-hydrogen) atoms. The molecule has 0 aromatic carbocycles. The molecule has 1 radical (unpaired) electrons. The third-order valence-electron chi connectivity index (χ3n) is 0. The van der Waals surface area contributed by atoms with E-state index in [4.69, 9.17) is 61.3 Å². The molecule has 0 rings (SSSR count). The zero-order valence-electron chi connectivity index (χ0n) is 7.02. The van der Waals surface area contributed by atoms with Crippen molar-refractivity contribution < 1.29 is 39.8 Å². The first-order valence-corrected chi connectivity index (χ1v) is 2.19. The summed E-state index contributed by atoms with van der Waals surface area (Å²) in [6, 6.07) is 0. The van der Waals surface area contributed by atoms with E-state index in [0.717, 1.165) is 0 Å². The second kappa shape index (κ2) is 23.3. The van der Waals surface area contributed by atoms with Crippen LogP contribution in [-0.2, 0) is 19.5 Å². The second-order valence-electron chi connectivity index (χ2n) is 0.894. The van der Waals surface area contributed by atoms with Gasteiger partial charge in [-0.15, -0.1) is 0 Å². The van der Waals surface area contributed by atoms with Crippen LogP contribution in [0.1, 0.15) is 0 Å². The molecule has 0 N–H and O–H groups in total. The van der Waals surface area contributed by atoms with Gasteiger partial charge in [0.25, 0.3) is 0 Å². The molecule has 0 bridgehead atoms. The van der Waals surface area contributed by atoms with E-state index < -0.39 is 20.3 Å².